The zero-order valence-corrected chi connectivity index (χ0v) is 14.3. The summed E-state index contributed by atoms with van der Waals surface area (Å²) in [5, 5.41) is 44.6. The van der Waals surface area contributed by atoms with Crippen molar-refractivity contribution in [1.29, 1.82) is 0 Å². The van der Waals surface area contributed by atoms with Gasteiger partial charge in [0.2, 0.25) is 0 Å². The summed E-state index contributed by atoms with van der Waals surface area (Å²) in [6, 6.07) is 0. The van der Waals surface area contributed by atoms with Crippen LogP contribution in [0.4, 0.5) is 0 Å². The van der Waals surface area contributed by atoms with Crippen molar-refractivity contribution in [2.24, 2.45) is 5.73 Å². The average Bonchev–Trinajstić information content (AvgIpc) is 2.48. The lowest BCUT2D eigenvalue weighted by Gasteiger charge is -2.24. The molecule has 0 aromatic rings. The second-order valence-corrected chi connectivity index (χ2v) is 6.59. The summed E-state index contributed by atoms with van der Waals surface area (Å²) in [7, 11) is -9.45. The Balaban J connectivity index is 0. The van der Waals surface area contributed by atoms with Crippen molar-refractivity contribution in [1.82, 2.24) is 0 Å². The van der Waals surface area contributed by atoms with Crippen LogP contribution in [-0.2, 0) is 23.0 Å². The third-order valence-electron chi connectivity index (χ3n) is 2.08. The Kier molecular flexibility index (Phi) is 12.8. The number of hydrogen-bond donors (Lipinski definition) is 10. The molecule has 0 aliphatic carbocycles. The topological polar surface area (TPSA) is 278 Å². The van der Waals surface area contributed by atoms with Gasteiger partial charge in [0.15, 0.2) is 6.10 Å². The molecule has 0 heterocycles. The molecule has 0 radical (unpaired) electrons. The van der Waals surface area contributed by atoms with E-state index in [0.29, 0.717) is 0 Å². The maximum absolute atomic E-state index is 10.8. The fraction of sp³-hybridized carbons (Fsp3) is 0.875. The number of nitrogens with two attached hydrogens (primary N) is 1. The number of aliphatic hydroxyl groups excluding tert-OH is 5. The molecule has 0 saturated heterocycles. The number of carbonyl (C=O) groups is 1. The molecular formula is C8H21NO14P2. The molecule has 0 aromatic carbocycles. The molecule has 0 unspecified atom stereocenters. The molecule has 17 heteroatoms. The quantitative estimate of drug-likeness (QED) is 0.157. The first-order valence-corrected chi connectivity index (χ1v) is 9.24. The Labute approximate surface area is 140 Å². The highest BCUT2D eigenvalue weighted by Crippen LogP contribution is 2.36. The first kappa shape index (κ1) is 26.7. The molecule has 0 bridgehead atoms. The third-order valence-corrected chi connectivity index (χ3v) is 3.02. The van der Waals surface area contributed by atoms with E-state index < -0.39 is 52.6 Å². The van der Waals surface area contributed by atoms with Crippen molar-refractivity contribution in [3.63, 3.8) is 0 Å². The molecule has 152 valence electrons. The third kappa shape index (κ3) is 14.4. The van der Waals surface area contributed by atoms with E-state index in [1.54, 1.807) is 0 Å². The summed E-state index contributed by atoms with van der Waals surface area (Å²) in [6.07, 6.45) is -8.71. The number of phosphoric acid groups is 2. The predicted molar refractivity (Wildman–Crippen MR) is 76.3 cm³/mol. The minimum atomic E-state index is -5.19. The van der Waals surface area contributed by atoms with E-state index in [9.17, 15) is 13.9 Å². The summed E-state index contributed by atoms with van der Waals surface area (Å²) in [5.74, 6) is -1.88. The van der Waals surface area contributed by atoms with E-state index >= 15 is 0 Å². The monoisotopic (exact) mass is 417 g/mol. The Hall–Kier alpha value is -0.510. The minimum absolute atomic E-state index is 0.107. The normalized spacial score (nSPS) is 16.9. The Morgan fingerprint density at radius 2 is 1.44 bits per heavy atom. The minimum Gasteiger partial charge on any atom is -0.394 e. The number of phosphoric ester groups is 2. The Morgan fingerprint density at radius 1 is 0.960 bits per heavy atom. The second-order valence-electron chi connectivity index (χ2n) is 4.19. The zero-order valence-electron chi connectivity index (χ0n) is 12.5. The van der Waals surface area contributed by atoms with Crippen molar-refractivity contribution in [2.75, 3.05) is 19.8 Å². The van der Waals surface area contributed by atoms with Gasteiger partial charge in [-0.2, -0.15) is 0 Å². The molecule has 11 N–H and O–H groups in total. The maximum atomic E-state index is 10.8. The van der Waals surface area contributed by atoms with E-state index in [-0.39, 0.29) is 13.2 Å². The molecule has 15 nitrogen and oxygen atoms in total. The summed E-state index contributed by atoms with van der Waals surface area (Å²) >= 11 is 0. The molecule has 0 aliphatic rings. The number of aliphatic hydroxyl groups is 5. The molecule has 4 atom stereocenters. The fourth-order valence-corrected chi connectivity index (χ4v) is 1.69. The lowest BCUT2D eigenvalue weighted by molar-refractivity contribution is -0.162. The largest absolute Gasteiger partial charge is 0.527 e. The smallest absolute Gasteiger partial charge is 0.394 e. The van der Waals surface area contributed by atoms with E-state index in [2.05, 4.69) is 9.05 Å². The van der Waals surface area contributed by atoms with Gasteiger partial charge in [0.05, 0.1) is 13.2 Å². The summed E-state index contributed by atoms with van der Waals surface area (Å²) < 4.78 is 27.4. The second kappa shape index (κ2) is 12.0. The fourth-order valence-electron chi connectivity index (χ4n) is 1.00. The van der Waals surface area contributed by atoms with Crippen LogP contribution < -0.4 is 5.73 Å². The Morgan fingerprint density at radius 3 is 1.72 bits per heavy atom. The highest BCUT2D eigenvalue weighted by Gasteiger charge is 2.37. The summed E-state index contributed by atoms with van der Waals surface area (Å²) in [6.45, 7) is -0.951. The molecule has 0 aromatic heterocycles. The van der Waals surface area contributed by atoms with Crippen LogP contribution in [0, 0.1) is 0 Å². The molecule has 0 spiro atoms. The summed E-state index contributed by atoms with van der Waals surface area (Å²) in [5.41, 5.74) is 4.87. The van der Waals surface area contributed by atoms with Gasteiger partial charge in [-0.15, -0.1) is 0 Å². The van der Waals surface area contributed by atoms with Crippen molar-refractivity contribution >= 4 is 21.6 Å². The van der Waals surface area contributed by atoms with E-state index in [0.717, 1.165) is 0 Å². The lowest BCUT2D eigenvalue weighted by atomic mass is 10.0. The average molecular weight is 417 g/mol. The van der Waals surface area contributed by atoms with Crippen LogP contribution in [0.15, 0.2) is 0 Å². The highest BCUT2D eigenvalue weighted by atomic mass is 31.2. The van der Waals surface area contributed by atoms with Crippen molar-refractivity contribution in [3.8, 4) is 0 Å². The molecule has 0 amide bonds. The highest BCUT2D eigenvalue weighted by molar-refractivity contribution is 7.47. The first-order chi connectivity index (χ1) is 11.2. The lowest BCUT2D eigenvalue weighted by Crippen LogP contribution is -2.48. The van der Waals surface area contributed by atoms with Gasteiger partial charge in [-0.25, -0.2) is 13.9 Å². The van der Waals surface area contributed by atoms with Gasteiger partial charge >= 0.3 is 21.6 Å². The molecular weight excluding hydrogens is 396 g/mol. The maximum Gasteiger partial charge on any atom is 0.527 e. The van der Waals surface area contributed by atoms with Gasteiger partial charge in [0.25, 0.3) is 0 Å². The van der Waals surface area contributed by atoms with Gasteiger partial charge in [0, 0.05) is 6.54 Å². The zero-order chi connectivity index (χ0) is 20.4. The van der Waals surface area contributed by atoms with Gasteiger partial charge in [0.1, 0.15) is 18.3 Å². The number of carbonyl (C=O) groups excluding carboxylic acids is 1. The van der Waals surface area contributed by atoms with E-state index in [1.165, 1.54) is 0 Å². The van der Waals surface area contributed by atoms with Crippen molar-refractivity contribution in [2.45, 2.75) is 24.4 Å². The summed E-state index contributed by atoms with van der Waals surface area (Å²) in [4.78, 5) is 43.3. The SMILES string of the molecule is NCCOP(=O)(O)O.O=C(OP(=O)(O)O)[C@H](O)[C@@H](O)[C@H](O)[C@H](O)CO. The van der Waals surface area contributed by atoms with Crippen molar-refractivity contribution < 1.29 is 68.1 Å². The van der Waals surface area contributed by atoms with Gasteiger partial charge in [-0.05, 0) is 0 Å². The Bertz CT molecular complexity index is 475. The number of hydrogen-bond acceptors (Lipinski definition) is 11. The number of rotatable bonds is 9. The van der Waals surface area contributed by atoms with Gasteiger partial charge in [-0.1, -0.05) is 0 Å². The molecule has 0 fully saturated rings. The van der Waals surface area contributed by atoms with Crippen molar-refractivity contribution in [3.05, 3.63) is 0 Å². The van der Waals surface area contributed by atoms with Crippen LogP contribution in [0.2, 0.25) is 0 Å². The molecule has 0 aliphatic heterocycles. The van der Waals surface area contributed by atoms with Crippen LogP contribution in [0.25, 0.3) is 0 Å². The first-order valence-electron chi connectivity index (χ1n) is 6.18. The molecule has 0 saturated carbocycles. The van der Waals surface area contributed by atoms with Crippen LogP contribution in [0.5, 0.6) is 0 Å². The van der Waals surface area contributed by atoms with Crippen LogP contribution >= 0.6 is 15.6 Å². The van der Waals surface area contributed by atoms with Gasteiger partial charge in [-0.3, -0.25) is 14.3 Å². The van der Waals surface area contributed by atoms with Crippen LogP contribution in [0.1, 0.15) is 0 Å². The van der Waals surface area contributed by atoms with Crippen LogP contribution in [0.3, 0.4) is 0 Å². The van der Waals surface area contributed by atoms with E-state index in [4.69, 9.17) is 50.8 Å². The molecule has 0 rings (SSSR count). The predicted octanol–water partition coefficient (Wildman–Crippen LogP) is -4.89. The van der Waals surface area contributed by atoms with Crippen LogP contribution in [-0.4, -0.2) is 95.2 Å². The molecule has 25 heavy (non-hydrogen) atoms. The van der Waals surface area contributed by atoms with E-state index in [1.807, 2.05) is 0 Å². The van der Waals surface area contributed by atoms with Gasteiger partial charge < -0.3 is 45.6 Å². The standard InChI is InChI=1S/C6H13O10P.C2H8NO4P/c7-1-2(8)3(9)4(10)5(11)6(12)16-17(13,14)15;3-1-2-7-8(4,5)6/h2-5,7-11H,1H2,(H2,13,14,15);1-3H2,(H2,4,5,6)/t2-,3-,4+,5-;/m1./s1.